The molecule has 0 aliphatic heterocycles. The first-order chi connectivity index (χ1) is 14.2. The number of aryl methyl sites for hydroxylation is 2. The van der Waals surface area contributed by atoms with Crippen LogP contribution in [0.25, 0.3) is 11.1 Å². The standard InChI is InChI=1S/C19H16ClF3O7S/c1-9-5-10(2)7-11(6-9)12-8-13(17(24)28-3)14(18(25)29-4)16(15(12)20)30-31(26,27)19(21,22)23/h5-8H,1-4H3. The highest BCUT2D eigenvalue weighted by atomic mass is 35.5. The van der Waals surface area contributed by atoms with Gasteiger partial charge >= 0.3 is 27.6 Å². The van der Waals surface area contributed by atoms with Gasteiger partial charge in [0.05, 0.1) is 24.8 Å². The van der Waals surface area contributed by atoms with Gasteiger partial charge in [0.25, 0.3) is 0 Å². The van der Waals surface area contributed by atoms with E-state index in [9.17, 15) is 31.2 Å². The normalized spacial score (nSPS) is 11.7. The molecular formula is C19H16ClF3O7S. The predicted octanol–water partition coefficient (Wildman–Crippen LogP) is 4.43. The number of methoxy groups -OCH3 is 2. The third-order valence-corrected chi connectivity index (χ3v) is 5.35. The third-order valence-electron chi connectivity index (χ3n) is 4.02. The van der Waals surface area contributed by atoms with E-state index in [1.54, 1.807) is 32.0 Å². The van der Waals surface area contributed by atoms with Crippen LogP contribution in [0, 0.1) is 13.8 Å². The van der Waals surface area contributed by atoms with E-state index in [-0.39, 0.29) is 5.56 Å². The zero-order valence-corrected chi connectivity index (χ0v) is 18.2. The first kappa shape index (κ1) is 24.5. The van der Waals surface area contributed by atoms with Crippen molar-refractivity contribution in [3.63, 3.8) is 0 Å². The molecule has 0 amide bonds. The fourth-order valence-corrected chi connectivity index (χ4v) is 3.61. The Morgan fingerprint density at radius 2 is 1.45 bits per heavy atom. The molecule has 12 heteroatoms. The molecule has 0 atom stereocenters. The maximum absolute atomic E-state index is 13.0. The van der Waals surface area contributed by atoms with Crippen LogP contribution in [-0.4, -0.2) is 40.1 Å². The monoisotopic (exact) mass is 480 g/mol. The molecule has 0 heterocycles. The van der Waals surface area contributed by atoms with E-state index in [2.05, 4.69) is 13.7 Å². The second kappa shape index (κ2) is 8.75. The molecule has 0 saturated carbocycles. The van der Waals surface area contributed by atoms with Crippen LogP contribution in [0.15, 0.2) is 24.3 Å². The van der Waals surface area contributed by atoms with Crippen molar-refractivity contribution in [1.29, 1.82) is 0 Å². The van der Waals surface area contributed by atoms with Crippen LogP contribution in [0.3, 0.4) is 0 Å². The number of carbonyl (C=O) groups excluding carboxylic acids is 2. The van der Waals surface area contributed by atoms with E-state index in [1.807, 2.05) is 0 Å². The Morgan fingerprint density at radius 1 is 0.935 bits per heavy atom. The van der Waals surface area contributed by atoms with Gasteiger partial charge in [0.1, 0.15) is 5.56 Å². The number of hydrogen-bond acceptors (Lipinski definition) is 7. The molecule has 0 bridgehead atoms. The number of esters is 2. The quantitative estimate of drug-likeness (QED) is 0.355. The SMILES string of the molecule is COC(=O)c1cc(-c2cc(C)cc(C)c2)c(Cl)c(OS(=O)(=O)C(F)(F)F)c1C(=O)OC. The molecule has 31 heavy (non-hydrogen) atoms. The number of halogens is 4. The minimum atomic E-state index is -6.25. The van der Waals surface area contributed by atoms with Crippen molar-refractivity contribution in [2.75, 3.05) is 14.2 Å². The van der Waals surface area contributed by atoms with Crippen LogP contribution in [0.2, 0.25) is 5.02 Å². The van der Waals surface area contributed by atoms with E-state index < -0.39 is 49.5 Å². The van der Waals surface area contributed by atoms with Gasteiger partial charge in [-0.3, -0.25) is 0 Å². The molecule has 0 radical (unpaired) electrons. The van der Waals surface area contributed by atoms with Gasteiger partial charge in [-0.05, 0) is 25.5 Å². The summed E-state index contributed by atoms with van der Waals surface area (Å²) >= 11 is 6.21. The maximum Gasteiger partial charge on any atom is 0.534 e. The molecule has 2 rings (SSSR count). The van der Waals surface area contributed by atoms with Crippen molar-refractivity contribution < 1.29 is 44.8 Å². The van der Waals surface area contributed by atoms with Gasteiger partial charge in [-0.25, -0.2) is 9.59 Å². The van der Waals surface area contributed by atoms with Gasteiger partial charge in [0.15, 0.2) is 5.75 Å². The number of hydrogen-bond donors (Lipinski definition) is 0. The average Bonchev–Trinajstić information content (AvgIpc) is 2.66. The Balaban J connectivity index is 2.99. The summed E-state index contributed by atoms with van der Waals surface area (Å²) in [6.07, 6.45) is 0. The summed E-state index contributed by atoms with van der Waals surface area (Å²) in [5, 5.41) is -0.647. The summed E-state index contributed by atoms with van der Waals surface area (Å²) in [5.74, 6) is -3.72. The Kier molecular flexibility index (Phi) is 6.91. The lowest BCUT2D eigenvalue weighted by atomic mass is 9.95. The highest BCUT2D eigenvalue weighted by molar-refractivity contribution is 7.88. The summed E-state index contributed by atoms with van der Waals surface area (Å²) in [6, 6.07) is 6.07. The molecule has 7 nitrogen and oxygen atoms in total. The summed E-state index contributed by atoms with van der Waals surface area (Å²) < 4.78 is 75.5. The Labute approximate surface area is 180 Å². The topological polar surface area (TPSA) is 96.0 Å². The highest BCUT2D eigenvalue weighted by Crippen LogP contribution is 2.43. The molecule has 0 fully saturated rings. The molecule has 0 N–H and O–H groups in total. The molecule has 0 aliphatic rings. The summed E-state index contributed by atoms with van der Waals surface area (Å²) in [7, 11) is -4.41. The Bertz CT molecular complexity index is 1140. The molecule has 0 spiro atoms. The van der Waals surface area contributed by atoms with E-state index in [4.69, 9.17) is 11.6 Å². The van der Waals surface area contributed by atoms with Crippen molar-refractivity contribution in [2.45, 2.75) is 19.4 Å². The van der Waals surface area contributed by atoms with Crippen molar-refractivity contribution >= 4 is 33.7 Å². The van der Waals surface area contributed by atoms with Crippen LogP contribution in [0.4, 0.5) is 13.2 Å². The summed E-state index contributed by atoms with van der Waals surface area (Å²) in [5.41, 5.74) is -5.60. The van der Waals surface area contributed by atoms with Crippen molar-refractivity contribution in [3.05, 3.63) is 51.5 Å². The zero-order chi connectivity index (χ0) is 23.7. The number of carbonyl (C=O) groups is 2. The molecule has 0 saturated heterocycles. The Hall–Kier alpha value is -2.79. The van der Waals surface area contributed by atoms with Crippen LogP contribution < -0.4 is 4.18 Å². The number of benzene rings is 2. The van der Waals surface area contributed by atoms with Crippen molar-refractivity contribution in [1.82, 2.24) is 0 Å². The van der Waals surface area contributed by atoms with Crippen LogP contribution in [0.1, 0.15) is 31.8 Å². The molecule has 168 valence electrons. The molecule has 2 aromatic carbocycles. The van der Waals surface area contributed by atoms with E-state index in [1.165, 1.54) is 0 Å². The third kappa shape index (κ3) is 4.93. The van der Waals surface area contributed by atoms with E-state index in [0.29, 0.717) is 5.56 Å². The lowest BCUT2D eigenvalue weighted by Gasteiger charge is -2.18. The van der Waals surface area contributed by atoms with Crippen LogP contribution in [0.5, 0.6) is 5.75 Å². The van der Waals surface area contributed by atoms with Crippen molar-refractivity contribution in [3.8, 4) is 16.9 Å². The molecule has 0 aliphatic carbocycles. The first-order valence-electron chi connectivity index (χ1n) is 8.36. The van der Waals surface area contributed by atoms with Crippen LogP contribution >= 0.6 is 11.6 Å². The number of ether oxygens (including phenoxy) is 2. The highest BCUT2D eigenvalue weighted by Gasteiger charge is 2.49. The van der Waals surface area contributed by atoms with Gasteiger partial charge in [0.2, 0.25) is 0 Å². The van der Waals surface area contributed by atoms with Gasteiger partial charge in [-0.1, -0.05) is 40.9 Å². The lowest BCUT2D eigenvalue weighted by molar-refractivity contribution is -0.0500. The van der Waals surface area contributed by atoms with Gasteiger partial charge in [-0.2, -0.15) is 21.6 Å². The van der Waals surface area contributed by atoms with Gasteiger partial charge in [-0.15, -0.1) is 0 Å². The molecule has 0 aromatic heterocycles. The minimum Gasteiger partial charge on any atom is -0.465 e. The lowest BCUT2D eigenvalue weighted by Crippen LogP contribution is -2.29. The summed E-state index contributed by atoms with van der Waals surface area (Å²) in [4.78, 5) is 24.6. The van der Waals surface area contributed by atoms with Crippen LogP contribution in [-0.2, 0) is 19.6 Å². The van der Waals surface area contributed by atoms with E-state index >= 15 is 0 Å². The number of rotatable bonds is 5. The Morgan fingerprint density at radius 3 is 1.90 bits per heavy atom. The maximum atomic E-state index is 13.0. The average molecular weight is 481 g/mol. The molecule has 2 aromatic rings. The molecule has 0 unspecified atom stereocenters. The molecular weight excluding hydrogens is 465 g/mol. The zero-order valence-electron chi connectivity index (χ0n) is 16.6. The van der Waals surface area contributed by atoms with Gasteiger partial charge < -0.3 is 13.7 Å². The second-order valence-corrected chi connectivity index (χ2v) is 8.25. The van der Waals surface area contributed by atoms with E-state index in [0.717, 1.165) is 31.4 Å². The minimum absolute atomic E-state index is 0.0612. The van der Waals surface area contributed by atoms with Gasteiger partial charge in [0, 0.05) is 5.56 Å². The fraction of sp³-hybridized carbons (Fsp3) is 0.263. The fourth-order valence-electron chi connectivity index (χ4n) is 2.79. The second-order valence-electron chi connectivity index (χ2n) is 6.33. The number of alkyl halides is 3. The largest absolute Gasteiger partial charge is 0.534 e. The summed E-state index contributed by atoms with van der Waals surface area (Å²) in [6.45, 7) is 3.47. The first-order valence-corrected chi connectivity index (χ1v) is 10.1. The predicted molar refractivity (Wildman–Crippen MR) is 105 cm³/mol. The smallest absolute Gasteiger partial charge is 0.465 e. The van der Waals surface area contributed by atoms with Crippen molar-refractivity contribution in [2.24, 2.45) is 0 Å².